The van der Waals surface area contributed by atoms with Gasteiger partial charge in [0.1, 0.15) is 0 Å². The molecule has 2 nitrogen and oxygen atoms in total. The number of nitrogens with zero attached hydrogens (tertiary/aromatic N) is 1. The molecule has 1 unspecified atom stereocenters. The Kier molecular flexibility index (Phi) is 4.91. The van der Waals surface area contributed by atoms with Crippen molar-refractivity contribution in [2.24, 2.45) is 0 Å². The number of para-hydroxylation sites is 2. The summed E-state index contributed by atoms with van der Waals surface area (Å²) in [6, 6.07) is 9.28. The molecule has 0 spiro atoms. The number of rotatable bonds is 6. The first kappa shape index (κ1) is 13.3. The lowest BCUT2D eigenvalue weighted by Crippen LogP contribution is -2.42. The summed E-state index contributed by atoms with van der Waals surface area (Å²) in [5, 5.41) is 3.51. The summed E-state index contributed by atoms with van der Waals surface area (Å²) in [6.07, 6.45) is 6.78. The van der Waals surface area contributed by atoms with E-state index in [9.17, 15) is 0 Å². The van der Waals surface area contributed by atoms with E-state index in [0.717, 1.165) is 6.54 Å². The highest BCUT2D eigenvalue weighted by molar-refractivity contribution is 5.72. The van der Waals surface area contributed by atoms with Crippen LogP contribution in [0.3, 0.4) is 0 Å². The van der Waals surface area contributed by atoms with Crippen molar-refractivity contribution >= 4 is 11.4 Å². The Labute approximate surface area is 111 Å². The minimum atomic E-state index is 0.603. The second-order valence-corrected chi connectivity index (χ2v) is 5.35. The van der Waals surface area contributed by atoms with Gasteiger partial charge in [-0.3, -0.25) is 0 Å². The molecule has 0 bridgehead atoms. The highest BCUT2D eigenvalue weighted by Gasteiger charge is 2.21. The SMILES string of the molecule is CCCCCCCN1c2ccccc2NCC1C. The highest BCUT2D eigenvalue weighted by Crippen LogP contribution is 2.31. The van der Waals surface area contributed by atoms with Crippen LogP contribution in [0.1, 0.15) is 46.0 Å². The highest BCUT2D eigenvalue weighted by atomic mass is 15.2. The second kappa shape index (κ2) is 6.67. The average molecular weight is 246 g/mol. The summed E-state index contributed by atoms with van der Waals surface area (Å²) in [4.78, 5) is 2.57. The molecule has 0 radical (unpaired) electrons. The predicted molar refractivity (Wildman–Crippen MR) is 80.5 cm³/mol. The molecular weight excluding hydrogens is 220 g/mol. The Morgan fingerprint density at radius 3 is 2.78 bits per heavy atom. The van der Waals surface area contributed by atoms with E-state index in [1.807, 2.05) is 0 Å². The molecule has 0 amide bonds. The molecule has 100 valence electrons. The number of anilines is 2. The van der Waals surface area contributed by atoms with Crippen LogP contribution in [0.15, 0.2) is 24.3 Å². The first-order valence-corrected chi connectivity index (χ1v) is 7.42. The largest absolute Gasteiger partial charge is 0.381 e. The third kappa shape index (κ3) is 3.18. The smallest absolute Gasteiger partial charge is 0.0605 e. The van der Waals surface area contributed by atoms with Gasteiger partial charge in [0.15, 0.2) is 0 Å². The molecule has 1 N–H and O–H groups in total. The number of unbranched alkanes of at least 4 members (excludes halogenated alkanes) is 4. The van der Waals surface area contributed by atoms with E-state index < -0.39 is 0 Å². The lowest BCUT2D eigenvalue weighted by atomic mass is 10.1. The van der Waals surface area contributed by atoms with Crippen LogP contribution in [0.25, 0.3) is 0 Å². The molecule has 1 atom stereocenters. The van der Waals surface area contributed by atoms with Crippen LogP contribution in [0.4, 0.5) is 11.4 Å². The van der Waals surface area contributed by atoms with E-state index in [4.69, 9.17) is 0 Å². The van der Waals surface area contributed by atoms with Crippen molar-refractivity contribution in [3.8, 4) is 0 Å². The molecule has 2 heteroatoms. The van der Waals surface area contributed by atoms with Crippen molar-refractivity contribution in [2.75, 3.05) is 23.3 Å². The Balaban J connectivity index is 1.90. The molecule has 1 heterocycles. The Morgan fingerprint density at radius 1 is 1.17 bits per heavy atom. The molecule has 2 rings (SSSR count). The van der Waals surface area contributed by atoms with Crippen molar-refractivity contribution in [1.82, 2.24) is 0 Å². The maximum absolute atomic E-state index is 3.51. The van der Waals surface area contributed by atoms with Crippen LogP contribution in [0.5, 0.6) is 0 Å². The van der Waals surface area contributed by atoms with Crippen molar-refractivity contribution in [1.29, 1.82) is 0 Å². The average Bonchev–Trinajstić information content (AvgIpc) is 2.41. The van der Waals surface area contributed by atoms with Gasteiger partial charge in [-0.15, -0.1) is 0 Å². The molecule has 1 aromatic carbocycles. The fourth-order valence-corrected chi connectivity index (χ4v) is 2.71. The maximum atomic E-state index is 3.51. The summed E-state index contributed by atoms with van der Waals surface area (Å²) in [7, 11) is 0. The van der Waals surface area contributed by atoms with E-state index in [0.29, 0.717) is 6.04 Å². The zero-order chi connectivity index (χ0) is 12.8. The van der Waals surface area contributed by atoms with Gasteiger partial charge in [-0.05, 0) is 25.5 Å². The van der Waals surface area contributed by atoms with Crippen LogP contribution >= 0.6 is 0 Å². The zero-order valence-corrected chi connectivity index (χ0v) is 11.8. The molecule has 1 aromatic rings. The van der Waals surface area contributed by atoms with Crippen molar-refractivity contribution < 1.29 is 0 Å². The zero-order valence-electron chi connectivity index (χ0n) is 11.8. The molecule has 0 fully saturated rings. The predicted octanol–water partition coefficient (Wildman–Crippen LogP) is 4.28. The van der Waals surface area contributed by atoms with Gasteiger partial charge in [-0.1, -0.05) is 44.7 Å². The number of hydrogen-bond acceptors (Lipinski definition) is 2. The van der Waals surface area contributed by atoms with E-state index in [-0.39, 0.29) is 0 Å². The lowest BCUT2D eigenvalue weighted by molar-refractivity contribution is 0.579. The molecule has 0 saturated heterocycles. The molecule has 0 aromatic heterocycles. The van der Waals surface area contributed by atoms with Crippen molar-refractivity contribution in [3.63, 3.8) is 0 Å². The third-order valence-electron chi connectivity index (χ3n) is 3.84. The summed E-state index contributed by atoms with van der Waals surface area (Å²) < 4.78 is 0. The normalized spacial score (nSPS) is 18.3. The van der Waals surface area contributed by atoms with Gasteiger partial charge < -0.3 is 10.2 Å². The maximum Gasteiger partial charge on any atom is 0.0605 e. The van der Waals surface area contributed by atoms with Crippen LogP contribution in [0, 0.1) is 0 Å². The second-order valence-electron chi connectivity index (χ2n) is 5.35. The summed E-state index contributed by atoms with van der Waals surface area (Å²) in [5.74, 6) is 0. The van der Waals surface area contributed by atoms with Gasteiger partial charge in [-0.2, -0.15) is 0 Å². The number of benzene rings is 1. The Bertz CT molecular complexity index is 362. The van der Waals surface area contributed by atoms with Crippen LogP contribution in [-0.4, -0.2) is 19.1 Å². The first-order valence-electron chi connectivity index (χ1n) is 7.42. The van der Waals surface area contributed by atoms with Gasteiger partial charge in [0.2, 0.25) is 0 Å². The molecule has 1 aliphatic rings. The van der Waals surface area contributed by atoms with Crippen molar-refractivity contribution in [3.05, 3.63) is 24.3 Å². The molecule has 0 saturated carbocycles. The number of hydrogen-bond donors (Lipinski definition) is 1. The van der Waals surface area contributed by atoms with E-state index >= 15 is 0 Å². The Hall–Kier alpha value is -1.18. The molecule has 1 aliphatic heterocycles. The number of fused-ring (bicyclic) bond motifs is 1. The van der Waals surface area contributed by atoms with E-state index in [2.05, 4.69) is 48.3 Å². The summed E-state index contributed by atoms with van der Waals surface area (Å²) in [5.41, 5.74) is 2.68. The fourth-order valence-electron chi connectivity index (χ4n) is 2.71. The van der Waals surface area contributed by atoms with Gasteiger partial charge in [0.25, 0.3) is 0 Å². The molecular formula is C16H26N2. The van der Waals surface area contributed by atoms with Gasteiger partial charge in [0.05, 0.1) is 11.4 Å². The topological polar surface area (TPSA) is 15.3 Å². The first-order chi connectivity index (χ1) is 8.83. The minimum absolute atomic E-state index is 0.603. The van der Waals surface area contributed by atoms with Crippen LogP contribution < -0.4 is 10.2 Å². The quantitative estimate of drug-likeness (QED) is 0.754. The minimum Gasteiger partial charge on any atom is -0.381 e. The Morgan fingerprint density at radius 2 is 1.94 bits per heavy atom. The van der Waals surface area contributed by atoms with Crippen LogP contribution in [0.2, 0.25) is 0 Å². The monoisotopic (exact) mass is 246 g/mol. The van der Waals surface area contributed by atoms with Crippen molar-refractivity contribution in [2.45, 2.75) is 52.0 Å². The van der Waals surface area contributed by atoms with Gasteiger partial charge in [0, 0.05) is 19.1 Å². The lowest BCUT2D eigenvalue weighted by Gasteiger charge is -2.37. The van der Waals surface area contributed by atoms with Gasteiger partial charge >= 0.3 is 0 Å². The fraction of sp³-hybridized carbons (Fsp3) is 0.625. The van der Waals surface area contributed by atoms with Crippen LogP contribution in [-0.2, 0) is 0 Å². The standard InChI is InChI=1S/C16H26N2/c1-3-4-5-6-9-12-18-14(2)13-17-15-10-7-8-11-16(15)18/h7-8,10-11,14,17H,3-6,9,12-13H2,1-2H3. The molecule has 0 aliphatic carbocycles. The third-order valence-corrected chi connectivity index (χ3v) is 3.84. The van der Waals surface area contributed by atoms with Gasteiger partial charge in [-0.25, -0.2) is 0 Å². The number of nitrogens with one attached hydrogen (secondary N) is 1. The summed E-state index contributed by atoms with van der Waals surface area (Å²) in [6.45, 7) is 6.85. The van der Waals surface area contributed by atoms with E-state index in [1.165, 1.54) is 50.0 Å². The van der Waals surface area contributed by atoms with E-state index in [1.54, 1.807) is 0 Å². The molecule has 18 heavy (non-hydrogen) atoms. The summed E-state index contributed by atoms with van der Waals surface area (Å²) >= 11 is 0.